The van der Waals surface area contributed by atoms with Crippen LogP contribution in [0.3, 0.4) is 0 Å². The summed E-state index contributed by atoms with van der Waals surface area (Å²) in [7, 11) is -3.52. The second-order valence-electron chi connectivity index (χ2n) is 8.66. The number of hydrogen-bond donors (Lipinski definition) is 2. The fourth-order valence-corrected chi connectivity index (χ4v) is 5.72. The van der Waals surface area contributed by atoms with E-state index >= 15 is 0 Å². The number of amides is 1. The maximum absolute atomic E-state index is 13.0. The van der Waals surface area contributed by atoms with Crippen molar-refractivity contribution >= 4 is 15.8 Å². The Kier molecular flexibility index (Phi) is 4.96. The van der Waals surface area contributed by atoms with E-state index in [2.05, 4.69) is 10.4 Å². The van der Waals surface area contributed by atoms with Gasteiger partial charge in [0.1, 0.15) is 5.76 Å². The monoisotopic (exact) mass is 416 g/mol. The van der Waals surface area contributed by atoms with Gasteiger partial charge in [0.25, 0.3) is 5.91 Å². The molecule has 0 saturated carbocycles. The van der Waals surface area contributed by atoms with Gasteiger partial charge in [-0.15, -0.1) is 4.36 Å². The number of nitrogens with two attached hydrogens (primary N) is 1. The molecule has 6 nitrogen and oxygen atoms in total. The molecular weight excluding hydrogens is 388 g/mol. The van der Waals surface area contributed by atoms with E-state index in [9.17, 15) is 14.1 Å². The fraction of sp³-hybridized carbons (Fsp3) is 0.500. The molecule has 1 amide bonds. The van der Waals surface area contributed by atoms with Gasteiger partial charge in [-0.3, -0.25) is 4.79 Å². The van der Waals surface area contributed by atoms with Crippen LogP contribution in [0, 0.1) is 6.92 Å². The predicted molar refractivity (Wildman–Crippen MR) is 111 cm³/mol. The van der Waals surface area contributed by atoms with Crippen LogP contribution in [0.1, 0.15) is 65.8 Å². The topological polar surface area (TPSA) is 106 Å². The third-order valence-electron chi connectivity index (χ3n) is 6.01. The summed E-state index contributed by atoms with van der Waals surface area (Å²) in [5.74, 6) is -0.0854. The molecule has 0 saturated heterocycles. The molecule has 0 spiro atoms. The number of benzene rings is 1. The Labute approximate surface area is 171 Å². The number of aliphatic hydroxyl groups is 1. The first-order chi connectivity index (χ1) is 13.6. The van der Waals surface area contributed by atoms with Gasteiger partial charge in [0.2, 0.25) is 5.09 Å². The number of furan rings is 1. The lowest BCUT2D eigenvalue weighted by Crippen LogP contribution is -2.17. The van der Waals surface area contributed by atoms with Crippen molar-refractivity contribution in [2.24, 2.45) is 9.50 Å². The number of aryl methyl sites for hydroxylation is 3. The molecule has 4 rings (SSSR count). The molecule has 29 heavy (non-hydrogen) atoms. The normalized spacial score (nSPS) is 17.7. The van der Waals surface area contributed by atoms with Crippen molar-refractivity contribution in [2.45, 2.75) is 76.4 Å². The van der Waals surface area contributed by atoms with Crippen molar-refractivity contribution in [3.05, 3.63) is 51.3 Å². The zero-order chi connectivity index (χ0) is 21.0. The summed E-state index contributed by atoms with van der Waals surface area (Å²) in [6.07, 6.45) is 6.41. The second-order valence-corrected chi connectivity index (χ2v) is 10.4. The quantitative estimate of drug-likeness (QED) is 0.798. The van der Waals surface area contributed by atoms with Crippen LogP contribution in [0.25, 0.3) is 0 Å². The van der Waals surface area contributed by atoms with Gasteiger partial charge >= 0.3 is 0 Å². The molecule has 0 bridgehead atoms. The van der Waals surface area contributed by atoms with Gasteiger partial charge in [-0.05, 0) is 87.1 Å². The Morgan fingerprint density at radius 3 is 2.28 bits per heavy atom. The maximum atomic E-state index is 13.0. The lowest BCUT2D eigenvalue weighted by molar-refractivity contribution is -0.117. The lowest BCUT2D eigenvalue weighted by atomic mass is 9.92. The van der Waals surface area contributed by atoms with Crippen molar-refractivity contribution in [2.75, 3.05) is 0 Å². The molecule has 1 atom stereocenters. The van der Waals surface area contributed by atoms with E-state index in [-0.39, 0.29) is 11.5 Å². The summed E-state index contributed by atoms with van der Waals surface area (Å²) >= 11 is 0. The molecule has 3 N–H and O–H groups in total. The third-order valence-corrected chi connectivity index (χ3v) is 7.26. The van der Waals surface area contributed by atoms with E-state index in [1.165, 1.54) is 28.3 Å². The summed E-state index contributed by atoms with van der Waals surface area (Å²) < 4.78 is 22.3. The molecule has 1 unspecified atom stereocenters. The number of hydrogen-bond acceptors (Lipinski definition) is 4. The Morgan fingerprint density at radius 2 is 1.76 bits per heavy atom. The summed E-state index contributed by atoms with van der Waals surface area (Å²) in [6, 6.07) is 3.75. The van der Waals surface area contributed by atoms with Crippen molar-refractivity contribution in [3.8, 4) is 0 Å². The van der Waals surface area contributed by atoms with Crippen LogP contribution in [0.2, 0.25) is 0 Å². The van der Waals surface area contributed by atoms with Crippen LogP contribution in [0.5, 0.6) is 0 Å². The van der Waals surface area contributed by atoms with Gasteiger partial charge in [-0.2, -0.15) is 0 Å². The average Bonchev–Trinajstić information content (AvgIpc) is 3.31. The van der Waals surface area contributed by atoms with Crippen LogP contribution >= 0.6 is 0 Å². The summed E-state index contributed by atoms with van der Waals surface area (Å²) in [6.45, 7) is 4.86. The first-order valence-electron chi connectivity index (χ1n) is 10.1. The Hall–Kier alpha value is -1.96. The van der Waals surface area contributed by atoms with Crippen molar-refractivity contribution in [1.82, 2.24) is 0 Å². The number of rotatable bonds is 4. The van der Waals surface area contributed by atoms with E-state index in [4.69, 9.17) is 9.56 Å². The van der Waals surface area contributed by atoms with E-state index in [0.29, 0.717) is 11.3 Å². The third kappa shape index (κ3) is 3.79. The summed E-state index contributed by atoms with van der Waals surface area (Å²) in [5.41, 5.74) is 5.62. The molecule has 0 aliphatic heterocycles. The van der Waals surface area contributed by atoms with E-state index < -0.39 is 21.4 Å². The summed E-state index contributed by atoms with van der Waals surface area (Å²) in [4.78, 5) is 12.8. The van der Waals surface area contributed by atoms with Gasteiger partial charge in [0.05, 0.1) is 12.0 Å². The average molecular weight is 417 g/mol. The molecule has 1 aromatic heterocycles. The van der Waals surface area contributed by atoms with E-state index in [1.807, 2.05) is 0 Å². The fourth-order valence-electron chi connectivity index (χ4n) is 4.73. The molecular formula is C22H28N2O4S. The summed E-state index contributed by atoms with van der Waals surface area (Å²) in [5, 5.41) is 16.0. The van der Waals surface area contributed by atoms with Gasteiger partial charge in [-0.1, -0.05) is 6.07 Å². The first-order valence-corrected chi connectivity index (χ1v) is 11.7. The highest BCUT2D eigenvalue weighted by molar-refractivity contribution is 7.91. The van der Waals surface area contributed by atoms with Crippen LogP contribution in [0.15, 0.2) is 26.0 Å². The molecule has 2 aliphatic carbocycles. The number of fused-ring (bicyclic) bond motifs is 2. The lowest BCUT2D eigenvalue weighted by Gasteiger charge is -2.15. The van der Waals surface area contributed by atoms with Crippen LogP contribution in [-0.2, 0) is 52.4 Å². The van der Waals surface area contributed by atoms with Crippen LogP contribution in [-0.4, -0.2) is 15.2 Å². The minimum atomic E-state index is -3.52. The molecule has 1 heterocycles. The first kappa shape index (κ1) is 20.3. The predicted octanol–water partition coefficient (Wildman–Crippen LogP) is 3.26. The Bertz CT molecular complexity index is 1080. The standard InChI is InChI=1S/C22H28N2O4S/c1-13-19(22(2,3)26)12-21(28-13)29(23,27)24-20(25)11-18-16-8-4-6-14(16)10-15-7-5-9-17(15)18/h10,12,26H,4-9,11H2,1-3H3,(H2,23,24,25,27). The van der Waals surface area contributed by atoms with Gasteiger partial charge in [0.15, 0.2) is 9.92 Å². The molecule has 2 aromatic rings. The van der Waals surface area contributed by atoms with Gasteiger partial charge < -0.3 is 9.52 Å². The Morgan fingerprint density at radius 1 is 1.17 bits per heavy atom. The van der Waals surface area contributed by atoms with Gasteiger partial charge in [0, 0.05) is 11.6 Å². The Balaban J connectivity index is 1.67. The van der Waals surface area contributed by atoms with E-state index in [1.54, 1.807) is 20.8 Å². The van der Waals surface area contributed by atoms with Gasteiger partial charge in [-0.25, -0.2) is 9.35 Å². The van der Waals surface area contributed by atoms with Crippen molar-refractivity contribution in [1.29, 1.82) is 0 Å². The zero-order valence-electron chi connectivity index (χ0n) is 17.2. The SMILES string of the molecule is Cc1oc(S(N)(=O)=NC(=O)Cc2c3c(cc4c2CCC4)CCC3)cc1C(C)(C)O. The molecule has 2 aliphatic rings. The highest BCUT2D eigenvalue weighted by Gasteiger charge is 2.28. The molecule has 0 fully saturated rings. The highest BCUT2D eigenvalue weighted by atomic mass is 32.2. The van der Waals surface area contributed by atoms with Crippen LogP contribution in [0.4, 0.5) is 0 Å². The van der Waals surface area contributed by atoms with Crippen LogP contribution < -0.4 is 5.14 Å². The van der Waals surface area contributed by atoms with Crippen molar-refractivity contribution < 1.29 is 18.5 Å². The second kappa shape index (κ2) is 7.07. The molecule has 7 heteroatoms. The largest absolute Gasteiger partial charge is 0.450 e. The molecule has 156 valence electrons. The van der Waals surface area contributed by atoms with Crippen molar-refractivity contribution in [3.63, 3.8) is 0 Å². The van der Waals surface area contributed by atoms with E-state index in [0.717, 1.165) is 44.1 Å². The zero-order valence-corrected chi connectivity index (χ0v) is 18.0. The molecule has 0 radical (unpaired) electrons. The number of nitrogens with zero attached hydrogens (tertiary/aromatic N) is 1. The minimum absolute atomic E-state index is 0.0796. The maximum Gasteiger partial charge on any atom is 0.259 e. The number of carbonyl (C=O) groups is 1. The minimum Gasteiger partial charge on any atom is -0.450 e. The smallest absolute Gasteiger partial charge is 0.259 e. The number of carbonyl (C=O) groups excluding carboxylic acids is 1. The highest BCUT2D eigenvalue weighted by Crippen LogP contribution is 2.35. The molecule has 1 aromatic carbocycles.